The number of H-pyrrole nitrogens is 1. The third-order valence-electron chi connectivity index (χ3n) is 6.47. The molecule has 3 N–H and O–H groups in total. The maximum atomic E-state index is 13.0. The van der Waals surface area contributed by atoms with Gasteiger partial charge in [0.2, 0.25) is 0 Å². The van der Waals surface area contributed by atoms with Crippen molar-refractivity contribution < 1.29 is 9.53 Å². The second-order valence-corrected chi connectivity index (χ2v) is 9.50. The highest BCUT2D eigenvalue weighted by Crippen LogP contribution is 2.35. The maximum absolute atomic E-state index is 13.0. The van der Waals surface area contributed by atoms with Gasteiger partial charge in [0.25, 0.3) is 5.91 Å². The van der Waals surface area contributed by atoms with E-state index < -0.39 is 0 Å². The van der Waals surface area contributed by atoms with Crippen LogP contribution >= 0.6 is 0 Å². The van der Waals surface area contributed by atoms with Crippen LogP contribution in [0.1, 0.15) is 53.6 Å². The summed E-state index contributed by atoms with van der Waals surface area (Å²) in [5.41, 5.74) is 4.60. The zero-order valence-electron chi connectivity index (χ0n) is 18.6. The molecule has 1 amide bonds. The number of ether oxygens (including phenoxy) is 1. The average Bonchev–Trinajstić information content (AvgIpc) is 3.41. The number of carbonyl (C=O) groups excluding carboxylic acids is 1. The molecule has 5 rings (SSSR count). The van der Waals surface area contributed by atoms with Crippen molar-refractivity contribution in [1.29, 1.82) is 0 Å². The molecule has 2 aliphatic rings. The van der Waals surface area contributed by atoms with Crippen molar-refractivity contribution in [1.82, 2.24) is 25.3 Å². The lowest BCUT2D eigenvalue weighted by Crippen LogP contribution is -2.43. The van der Waals surface area contributed by atoms with Crippen LogP contribution in [0.3, 0.4) is 0 Å². The molecule has 32 heavy (non-hydrogen) atoms. The van der Waals surface area contributed by atoms with Crippen molar-refractivity contribution in [2.75, 3.05) is 25.0 Å². The van der Waals surface area contributed by atoms with E-state index in [1.807, 2.05) is 29.1 Å². The van der Waals surface area contributed by atoms with Crippen LogP contribution in [0.15, 0.2) is 42.7 Å². The minimum atomic E-state index is -0.200. The summed E-state index contributed by atoms with van der Waals surface area (Å²) < 4.78 is 7.93. The fourth-order valence-electron chi connectivity index (χ4n) is 4.76. The molecule has 2 aromatic heterocycles. The second-order valence-electron chi connectivity index (χ2n) is 9.50. The van der Waals surface area contributed by atoms with Crippen molar-refractivity contribution in [2.24, 2.45) is 5.41 Å². The third-order valence-corrected chi connectivity index (χ3v) is 6.47. The highest BCUT2D eigenvalue weighted by molar-refractivity contribution is 6.03. The first-order chi connectivity index (χ1) is 15.5. The molecule has 1 fully saturated rings. The van der Waals surface area contributed by atoms with Crippen molar-refractivity contribution >= 4 is 11.6 Å². The number of anilines is 1. The Labute approximate surface area is 187 Å². The van der Waals surface area contributed by atoms with E-state index in [4.69, 9.17) is 4.74 Å². The van der Waals surface area contributed by atoms with Gasteiger partial charge < -0.3 is 15.4 Å². The van der Waals surface area contributed by atoms with Crippen molar-refractivity contribution in [3.63, 3.8) is 0 Å². The number of benzene rings is 1. The first-order valence-corrected chi connectivity index (χ1v) is 11.3. The van der Waals surface area contributed by atoms with Crippen LogP contribution in [-0.4, -0.2) is 51.7 Å². The molecule has 3 heterocycles. The number of amides is 1. The lowest BCUT2D eigenvalue weighted by atomic mass is 9.76. The smallest absolute Gasteiger partial charge is 0.276 e. The SMILES string of the molecule is CC1(C)CCc2c(C(=O)Nc3cnn(C(c4ccccc4)C4CNCCO4)c3)n[nH]c2C1. The van der Waals surface area contributed by atoms with Crippen LogP contribution in [0.2, 0.25) is 0 Å². The first kappa shape index (κ1) is 20.9. The molecule has 168 valence electrons. The largest absolute Gasteiger partial charge is 0.373 e. The predicted molar refractivity (Wildman–Crippen MR) is 122 cm³/mol. The number of aromatic nitrogens is 4. The van der Waals surface area contributed by atoms with Gasteiger partial charge >= 0.3 is 0 Å². The number of hydrogen-bond acceptors (Lipinski definition) is 5. The molecule has 3 aromatic rings. The van der Waals surface area contributed by atoms with Crippen LogP contribution in [0.25, 0.3) is 0 Å². The van der Waals surface area contributed by atoms with Crippen molar-refractivity contribution in [3.05, 3.63) is 65.2 Å². The number of carbonyl (C=O) groups is 1. The van der Waals surface area contributed by atoms with Gasteiger partial charge in [-0.25, -0.2) is 0 Å². The summed E-state index contributed by atoms with van der Waals surface area (Å²) in [6.07, 6.45) is 6.34. The molecule has 0 bridgehead atoms. The fourth-order valence-corrected chi connectivity index (χ4v) is 4.76. The van der Waals surface area contributed by atoms with E-state index in [9.17, 15) is 4.79 Å². The maximum Gasteiger partial charge on any atom is 0.276 e. The van der Waals surface area contributed by atoms with Gasteiger partial charge in [0, 0.05) is 30.5 Å². The van der Waals surface area contributed by atoms with Gasteiger partial charge in [-0.05, 0) is 30.2 Å². The van der Waals surface area contributed by atoms with Gasteiger partial charge in [-0.2, -0.15) is 10.2 Å². The van der Waals surface area contributed by atoms with Gasteiger partial charge in [-0.15, -0.1) is 0 Å². The van der Waals surface area contributed by atoms with E-state index in [0.29, 0.717) is 18.0 Å². The minimum Gasteiger partial charge on any atom is -0.373 e. The third kappa shape index (κ3) is 4.20. The summed E-state index contributed by atoms with van der Waals surface area (Å²) in [6.45, 7) is 6.76. The van der Waals surface area contributed by atoms with Gasteiger partial charge in [0.1, 0.15) is 6.04 Å². The lowest BCUT2D eigenvalue weighted by molar-refractivity contribution is 0.00220. The monoisotopic (exact) mass is 434 g/mol. The molecule has 1 aliphatic carbocycles. The van der Waals surface area contributed by atoms with Crippen LogP contribution in [-0.2, 0) is 17.6 Å². The van der Waals surface area contributed by atoms with E-state index in [1.54, 1.807) is 6.20 Å². The van der Waals surface area contributed by atoms with Gasteiger partial charge in [-0.1, -0.05) is 44.2 Å². The zero-order valence-corrected chi connectivity index (χ0v) is 18.6. The number of hydrogen-bond donors (Lipinski definition) is 3. The molecular formula is C24H30N6O2. The second kappa shape index (κ2) is 8.52. The number of nitrogens with zero attached hydrogens (tertiary/aromatic N) is 3. The van der Waals surface area contributed by atoms with Crippen molar-refractivity contribution in [2.45, 2.75) is 45.3 Å². The topological polar surface area (TPSA) is 96.9 Å². The zero-order chi connectivity index (χ0) is 22.1. The highest BCUT2D eigenvalue weighted by Gasteiger charge is 2.31. The number of fused-ring (bicyclic) bond motifs is 1. The number of aromatic amines is 1. The Morgan fingerprint density at radius 1 is 1.31 bits per heavy atom. The molecule has 2 unspecified atom stereocenters. The molecule has 1 aliphatic heterocycles. The Kier molecular flexibility index (Phi) is 5.57. The summed E-state index contributed by atoms with van der Waals surface area (Å²) in [7, 11) is 0. The Morgan fingerprint density at radius 2 is 2.16 bits per heavy atom. The number of rotatable bonds is 5. The quantitative estimate of drug-likeness (QED) is 0.574. The van der Waals surface area contributed by atoms with Gasteiger partial charge in [0.05, 0.1) is 24.6 Å². The average molecular weight is 435 g/mol. The number of morpholine rings is 1. The highest BCUT2D eigenvalue weighted by atomic mass is 16.5. The summed E-state index contributed by atoms with van der Waals surface area (Å²) >= 11 is 0. The number of nitrogens with one attached hydrogen (secondary N) is 3. The van der Waals surface area contributed by atoms with E-state index >= 15 is 0 Å². The van der Waals surface area contributed by atoms with Crippen molar-refractivity contribution in [3.8, 4) is 0 Å². The van der Waals surface area contributed by atoms with E-state index in [-0.39, 0.29) is 23.5 Å². The molecule has 8 nitrogen and oxygen atoms in total. The molecule has 0 spiro atoms. The van der Waals surface area contributed by atoms with Crippen LogP contribution < -0.4 is 10.6 Å². The first-order valence-electron chi connectivity index (χ1n) is 11.3. The van der Waals surface area contributed by atoms with Crippen LogP contribution in [0.4, 0.5) is 5.69 Å². The Bertz CT molecular complexity index is 1080. The molecule has 0 saturated carbocycles. The molecule has 2 atom stereocenters. The summed E-state index contributed by atoms with van der Waals surface area (Å²) in [4.78, 5) is 13.0. The summed E-state index contributed by atoms with van der Waals surface area (Å²) in [5, 5.41) is 18.4. The predicted octanol–water partition coefficient (Wildman–Crippen LogP) is 2.95. The molecule has 1 aromatic carbocycles. The van der Waals surface area contributed by atoms with Gasteiger partial charge in [0.15, 0.2) is 5.69 Å². The normalized spacial score (nSPS) is 21.0. The Morgan fingerprint density at radius 3 is 2.94 bits per heavy atom. The van der Waals surface area contributed by atoms with E-state index in [1.165, 1.54) is 0 Å². The van der Waals surface area contributed by atoms with Crippen LogP contribution in [0.5, 0.6) is 0 Å². The Hall–Kier alpha value is -2.97. The lowest BCUT2D eigenvalue weighted by Gasteiger charge is -2.31. The van der Waals surface area contributed by atoms with Gasteiger partial charge in [-0.3, -0.25) is 14.6 Å². The minimum absolute atomic E-state index is 0.0451. The molecule has 0 radical (unpaired) electrons. The standard InChI is InChI=1S/C24H30N6O2/c1-24(2)9-8-18-19(12-24)28-29-21(18)23(31)27-17-13-26-30(15-17)22(16-6-4-3-5-7-16)20-14-25-10-11-32-20/h3-7,13,15,20,22,25H,8-12,14H2,1-2H3,(H,27,31)(H,28,29). The molecule has 8 heteroatoms. The molecular weight excluding hydrogens is 404 g/mol. The fraction of sp³-hybridized carbons (Fsp3) is 0.458. The summed E-state index contributed by atoms with van der Waals surface area (Å²) in [5.74, 6) is -0.200. The Balaban J connectivity index is 1.36. The van der Waals surface area contributed by atoms with E-state index in [0.717, 1.165) is 49.2 Å². The molecule has 1 saturated heterocycles. The van der Waals surface area contributed by atoms with Crippen LogP contribution in [0, 0.1) is 5.41 Å². The van der Waals surface area contributed by atoms with E-state index in [2.05, 4.69) is 51.9 Å². The summed E-state index contributed by atoms with van der Waals surface area (Å²) in [6, 6.07) is 10.1.